The number of hydrogen-bond donors (Lipinski definition) is 1. The highest BCUT2D eigenvalue weighted by Gasteiger charge is 2.25. The molecule has 1 heterocycles. The van der Waals surface area contributed by atoms with Crippen LogP contribution in [0.5, 0.6) is 28.7 Å². The third-order valence-electron chi connectivity index (χ3n) is 8.16. The maximum absolute atomic E-state index is 14.3. The van der Waals surface area contributed by atoms with E-state index in [4.69, 9.17) is 23.4 Å². The molecular formula is C43H33IO7. The molecule has 0 aliphatic rings. The Morgan fingerprint density at radius 1 is 0.529 bits per heavy atom. The van der Waals surface area contributed by atoms with E-state index in [1.165, 1.54) is 0 Å². The van der Waals surface area contributed by atoms with Gasteiger partial charge in [-0.1, -0.05) is 121 Å². The number of rotatable bonds is 13. The molecule has 7 rings (SSSR count). The first-order valence-corrected chi connectivity index (χ1v) is 17.4. The zero-order valence-electron chi connectivity index (χ0n) is 27.5. The van der Waals surface area contributed by atoms with Gasteiger partial charge in [-0.25, -0.2) is 0 Å². The summed E-state index contributed by atoms with van der Waals surface area (Å²) < 4.78 is 31.8. The highest BCUT2D eigenvalue weighted by atomic mass is 127. The van der Waals surface area contributed by atoms with Crippen molar-refractivity contribution < 1.29 is 28.5 Å². The number of aromatic hydroxyl groups is 1. The van der Waals surface area contributed by atoms with E-state index in [0.717, 1.165) is 22.3 Å². The van der Waals surface area contributed by atoms with Gasteiger partial charge >= 0.3 is 0 Å². The lowest BCUT2D eigenvalue weighted by molar-refractivity contribution is 0.256. The molecule has 1 N–H and O–H groups in total. The second-order valence-corrected chi connectivity index (χ2v) is 12.8. The summed E-state index contributed by atoms with van der Waals surface area (Å²) >= 11 is 1.98. The normalized spacial score (nSPS) is 10.9. The van der Waals surface area contributed by atoms with E-state index in [1.807, 2.05) is 144 Å². The summed E-state index contributed by atoms with van der Waals surface area (Å²) in [4.78, 5) is 14.3. The van der Waals surface area contributed by atoms with E-state index in [-0.39, 0.29) is 41.4 Å². The lowest BCUT2D eigenvalue weighted by Crippen LogP contribution is -2.11. The zero-order valence-corrected chi connectivity index (χ0v) is 29.6. The molecule has 0 bridgehead atoms. The lowest BCUT2D eigenvalue weighted by atomic mass is 10.1. The SMILES string of the molecule is O=c1c(OCc2ccccc2)c(-c2ccc(OCc3ccccc3)c(OCc3ccccc3)c2)oc2cc(OCc3ccccc3)c(I)c(O)c12. The van der Waals surface area contributed by atoms with Gasteiger partial charge in [0, 0.05) is 11.6 Å². The van der Waals surface area contributed by atoms with Crippen LogP contribution in [-0.4, -0.2) is 5.11 Å². The molecule has 254 valence electrons. The average Bonchev–Trinajstić information content (AvgIpc) is 3.18. The average molecular weight is 789 g/mol. The van der Waals surface area contributed by atoms with E-state index in [2.05, 4.69) is 0 Å². The molecule has 6 aromatic carbocycles. The molecule has 1 aromatic heterocycles. The first kappa shape index (κ1) is 33.7. The standard InChI is InChI=1S/C43H33IO7/c44-39-37(49-27-31-17-9-3-10-18-31)24-36-38(40(39)45)41(46)43(50-28-32-19-11-4-12-20-32)42(51-36)33-21-22-34(47-25-29-13-5-1-6-14-29)35(23-33)48-26-30-15-7-2-8-16-30/h1-24,45H,25-28H2. The van der Waals surface area contributed by atoms with Gasteiger partial charge in [0.25, 0.3) is 0 Å². The van der Waals surface area contributed by atoms with Crippen LogP contribution in [0.4, 0.5) is 0 Å². The van der Waals surface area contributed by atoms with Gasteiger partial charge in [-0.05, 0) is 63.0 Å². The molecule has 0 radical (unpaired) electrons. The Balaban J connectivity index is 1.31. The minimum absolute atomic E-state index is 0.00152. The fourth-order valence-electron chi connectivity index (χ4n) is 5.51. The fraction of sp³-hybridized carbons (Fsp3) is 0.0930. The molecule has 7 nitrogen and oxygen atoms in total. The number of hydrogen-bond acceptors (Lipinski definition) is 7. The van der Waals surface area contributed by atoms with Crippen molar-refractivity contribution in [2.45, 2.75) is 26.4 Å². The molecule has 8 heteroatoms. The van der Waals surface area contributed by atoms with Crippen molar-refractivity contribution in [3.8, 4) is 40.1 Å². The van der Waals surface area contributed by atoms with Crippen LogP contribution in [0.3, 0.4) is 0 Å². The summed E-state index contributed by atoms with van der Waals surface area (Å²) in [5, 5.41) is 11.4. The number of phenolic OH excluding ortho intramolecular Hbond substituents is 1. The maximum Gasteiger partial charge on any atom is 0.239 e. The second-order valence-electron chi connectivity index (χ2n) is 11.8. The quantitative estimate of drug-likeness (QED) is 0.116. The van der Waals surface area contributed by atoms with Gasteiger partial charge in [0.05, 0.1) is 3.57 Å². The second kappa shape index (κ2) is 15.9. The van der Waals surface area contributed by atoms with Gasteiger partial charge in [-0.3, -0.25) is 4.79 Å². The van der Waals surface area contributed by atoms with Crippen LogP contribution < -0.4 is 24.4 Å². The molecule has 0 aliphatic carbocycles. The zero-order chi connectivity index (χ0) is 35.0. The highest BCUT2D eigenvalue weighted by molar-refractivity contribution is 14.1. The van der Waals surface area contributed by atoms with Gasteiger partial charge in [-0.15, -0.1) is 0 Å². The van der Waals surface area contributed by atoms with Gasteiger partial charge in [0.2, 0.25) is 11.2 Å². The molecule has 0 spiro atoms. The van der Waals surface area contributed by atoms with Crippen molar-refractivity contribution in [1.29, 1.82) is 0 Å². The summed E-state index contributed by atoms with van der Waals surface area (Å²) in [5.41, 5.74) is 3.97. The van der Waals surface area contributed by atoms with E-state index in [9.17, 15) is 9.90 Å². The van der Waals surface area contributed by atoms with Gasteiger partial charge < -0.3 is 28.5 Å². The Morgan fingerprint density at radius 3 is 1.49 bits per heavy atom. The lowest BCUT2D eigenvalue weighted by Gasteiger charge is -2.17. The monoisotopic (exact) mass is 788 g/mol. The van der Waals surface area contributed by atoms with Crippen LogP contribution in [-0.2, 0) is 26.4 Å². The van der Waals surface area contributed by atoms with Gasteiger partial charge in [0.15, 0.2) is 17.3 Å². The van der Waals surface area contributed by atoms with Crippen molar-refractivity contribution in [2.75, 3.05) is 0 Å². The van der Waals surface area contributed by atoms with Crippen LogP contribution in [0, 0.1) is 3.57 Å². The minimum atomic E-state index is -0.511. The summed E-state index contributed by atoms with van der Waals surface area (Å²) in [6.45, 7) is 1.00. The first-order valence-electron chi connectivity index (χ1n) is 16.4. The molecular weight excluding hydrogens is 755 g/mol. The maximum atomic E-state index is 14.3. The van der Waals surface area contributed by atoms with Crippen molar-refractivity contribution in [2.24, 2.45) is 0 Å². The molecule has 0 atom stereocenters. The van der Waals surface area contributed by atoms with Crippen molar-refractivity contribution in [3.05, 3.63) is 182 Å². The summed E-state index contributed by atoms with van der Waals surface area (Å²) in [7, 11) is 0. The van der Waals surface area contributed by atoms with Crippen LogP contribution in [0.15, 0.2) is 155 Å². The summed E-state index contributed by atoms with van der Waals surface area (Å²) in [5.74, 6) is 1.27. The fourth-order valence-corrected chi connectivity index (χ4v) is 6.09. The number of fused-ring (bicyclic) bond motifs is 1. The Morgan fingerprint density at radius 2 is 0.980 bits per heavy atom. The van der Waals surface area contributed by atoms with Crippen LogP contribution in [0.25, 0.3) is 22.3 Å². The Bertz CT molecular complexity index is 2290. The smallest absolute Gasteiger partial charge is 0.239 e. The van der Waals surface area contributed by atoms with Crippen molar-refractivity contribution in [3.63, 3.8) is 0 Å². The first-order chi connectivity index (χ1) is 25.0. The molecule has 0 saturated carbocycles. The number of halogens is 1. The third-order valence-corrected chi connectivity index (χ3v) is 9.21. The van der Waals surface area contributed by atoms with E-state index in [1.54, 1.807) is 24.3 Å². The predicted molar refractivity (Wildman–Crippen MR) is 205 cm³/mol. The summed E-state index contributed by atoms with van der Waals surface area (Å²) in [6, 6.07) is 45.9. The Labute approximate surface area is 308 Å². The van der Waals surface area contributed by atoms with Crippen LogP contribution >= 0.6 is 22.6 Å². The number of ether oxygens (including phenoxy) is 4. The van der Waals surface area contributed by atoms with E-state index in [0.29, 0.717) is 39.6 Å². The molecule has 0 unspecified atom stereocenters. The Kier molecular flexibility index (Phi) is 10.5. The molecule has 0 amide bonds. The predicted octanol–water partition coefficient (Wildman–Crippen LogP) is 10.1. The highest BCUT2D eigenvalue weighted by Crippen LogP contribution is 2.42. The molecule has 0 saturated heterocycles. The molecule has 0 fully saturated rings. The molecule has 7 aromatic rings. The number of benzene rings is 6. The molecule has 51 heavy (non-hydrogen) atoms. The number of phenols is 1. The van der Waals surface area contributed by atoms with E-state index >= 15 is 0 Å². The minimum Gasteiger partial charge on any atom is -0.506 e. The topological polar surface area (TPSA) is 87.4 Å². The summed E-state index contributed by atoms with van der Waals surface area (Å²) in [6.07, 6.45) is 0. The van der Waals surface area contributed by atoms with Gasteiger partial charge in [0.1, 0.15) is 48.9 Å². The third kappa shape index (κ3) is 8.02. The Hall–Kier alpha value is -5.74. The van der Waals surface area contributed by atoms with Crippen LogP contribution in [0.2, 0.25) is 0 Å². The van der Waals surface area contributed by atoms with Crippen molar-refractivity contribution in [1.82, 2.24) is 0 Å². The van der Waals surface area contributed by atoms with Gasteiger partial charge in [-0.2, -0.15) is 0 Å². The molecule has 0 aliphatic heterocycles. The van der Waals surface area contributed by atoms with Crippen molar-refractivity contribution >= 4 is 33.6 Å². The van der Waals surface area contributed by atoms with E-state index < -0.39 is 5.43 Å². The largest absolute Gasteiger partial charge is 0.506 e. The van der Waals surface area contributed by atoms with Crippen LogP contribution in [0.1, 0.15) is 22.3 Å².